The van der Waals surface area contributed by atoms with Gasteiger partial charge in [-0.2, -0.15) is 5.10 Å². The Kier molecular flexibility index (Phi) is 5.76. The van der Waals surface area contributed by atoms with Gasteiger partial charge in [0.1, 0.15) is 11.2 Å². The number of carbonyl (C=O) groups excluding carboxylic acids is 1. The largest absolute Gasteiger partial charge is 0.456 e. The van der Waals surface area contributed by atoms with Gasteiger partial charge in [0.05, 0.1) is 5.39 Å². The summed E-state index contributed by atoms with van der Waals surface area (Å²) in [7, 11) is 0. The molecule has 0 spiro atoms. The zero-order chi connectivity index (χ0) is 22.6. The number of benzene rings is 3. The molecule has 0 radical (unpaired) electrons. The highest BCUT2D eigenvalue weighted by Gasteiger charge is 2.09. The molecule has 5 rings (SSSR count). The number of fused-ring (bicyclic) bond motifs is 4. The molecule has 0 fully saturated rings. The van der Waals surface area contributed by atoms with Gasteiger partial charge < -0.3 is 15.1 Å². The van der Waals surface area contributed by atoms with Crippen LogP contribution < -0.4 is 16.2 Å². The Morgan fingerprint density at radius 3 is 2.52 bits per heavy atom. The second-order valence-electron chi connectivity index (χ2n) is 8.01. The molecular formula is C26H24N4O3. The lowest BCUT2D eigenvalue weighted by Crippen LogP contribution is -2.26. The molecule has 1 amide bonds. The Bertz CT molecular complexity index is 1500. The summed E-state index contributed by atoms with van der Waals surface area (Å²) in [5.41, 5.74) is 2.65. The molecule has 0 saturated carbocycles. The summed E-state index contributed by atoms with van der Waals surface area (Å²) in [5, 5.41) is 16.4. The maximum Gasteiger partial charge on any atom is 0.272 e. The number of amides is 1. The molecule has 0 aliphatic carbocycles. The van der Waals surface area contributed by atoms with E-state index in [9.17, 15) is 9.59 Å². The number of aromatic amines is 1. The van der Waals surface area contributed by atoms with Crippen molar-refractivity contribution in [2.45, 2.75) is 19.3 Å². The van der Waals surface area contributed by atoms with Gasteiger partial charge in [0.25, 0.3) is 5.56 Å². The first-order valence-corrected chi connectivity index (χ1v) is 11.1. The van der Waals surface area contributed by atoms with Crippen LogP contribution in [0.2, 0.25) is 0 Å². The third-order valence-electron chi connectivity index (χ3n) is 5.75. The number of rotatable bonds is 8. The first kappa shape index (κ1) is 20.8. The molecule has 0 aliphatic heterocycles. The zero-order valence-corrected chi connectivity index (χ0v) is 18.1. The number of hydrogen-bond donors (Lipinski definition) is 3. The van der Waals surface area contributed by atoms with E-state index >= 15 is 0 Å². The molecule has 0 bridgehead atoms. The Hall–Kier alpha value is -4.13. The van der Waals surface area contributed by atoms with E-state index in [-0.39, 0.29) is 11.5 Å². The van der Waals surface area contributed by atoms with Crippen molar-refractivity contribution >= 4 is 44.4 Å². The van der Waals surface area contributed by atoms with Crippen LogP contribution in [0.5, 0.6) is 0 Å². The van der Waals surface area contributed by atoms with Crippen molar-refractivity contribution < 1.29 is 9.21 Å². The minimum atomic E-state index is -0.205. The van der Waals surface area contributed by atoms with Crippen LogP contribution in [0.25, 0.3) is 32.7 Å². The van der Waals surface area contributed by atoms with Crippen LogP contribution in [0.3, 0.4) is 0 Å². The topological polar surface area (TPSA) is 100 Å². The number of anilines is 1. The van der Waals surface area contributed by atoms with Gasteiger partial charge in [-0.15, -0.1) is 0 Å². The third kappa shape index (κ3) is 4.43. The predicted octanol–water partition coefficient (Wildman–Crippen LogP) is 4.37. The molecule has 3 aromatic carbocycles. The summed E-state index contributed by atoms with van der Waals surface area (Å²) in [6.07, 6.45) is 1.85. The molecule has 7 heteroatoms. The summed E-state index contributed by atoms with van der Waals surface area (Å²) >= 11 is 0. The van der Waals surface area contributed by atoms with Crippen molar-refractivity contribution in [3.63, 3.8) is 0 Å². The van der Waals surface area contributed by atoms with E-state index in [1.807, 2.05) is 48.5 Å². The van der Waals surface area contributed by atoms with E-state index in [2.05, 4.69) is 33.0 Å². The van der Waals surface area contributed by atoms with Gasteiger partial charge in [-0.25, -0.2) is 5.10 Å². The van der Waals surface area contributed by atoms with Crippen LogP contribution in [-0.4, -0.2) is 29.2 Å². The molecule has 2 aromatic heterocycles. The lowest BCUT2D eigenvalue weighted by Gasteiger charge is -2.09. The van der Waals surface area contributed by atoms with Gasteiger partial charge in [0.2, 0.25) is 5.91 Å². The smallest absolute Gasteiger partial charge is 0.272 e. The van der Waals surface area contributed by atoms with Crippen LogP contribution in [-0.2, 0) is 11.2 Å². The second kappa shape index (κ2) is 9.16. The molecule has 3 N–H and O–H groups in total. The number of hydrogen-bond acceptors (Lipinski definition) is 5. The number of para-hydroxylation sites is 1. The summed E-state index contributed by atoms with van der Waals surface area (Å²) < 4.78 is 5.86. The van der Waals surface area contributed by atoms with Crippen molar-refractivity contribution in [2.75, 3.05) is 18.4 Å². The third-order valence-corrected chi connectivity index (χ3v) is 5.75. The summed E-state index contributed by atoms with van der Waals surface area (Å²) in [5.74, 6) is 0.665. The number of furan rings is 1. The highest BCUT2D eigenvalue weighted by atomic mass is 16.3. The van der Waals surface area contributed by atoms with Crippen LogP contribution in [0, 0.1) is 0 Å². The lowest BCUT2D eigenvalue weighted by atomic mass is 10.1. The van der Waals surface area contributed by atoms with Gasteiger partial charge in [-0.1, -0.05) is 42.5 Å². The van der Waals surface area contributed by atoms with Crippen molar-refractivity contribution in [1.82, 2.24) is 15.5 Å². The van der Waals surface area contributed by atoms with Crippen LogP contribution in [0.15, 0.2) is 75.9 Å². The van der Waals surface area contributed by atoms with E-state index in [4.69, 9.17) is 4.42 Å². The maximum absolute atomic E-state index is 12.3. The minimum Gasteiger partial charge on any atom is -0.456 e. The zero-order valence-electron chi connectivity index (χ0n) is 18.1. The Morgan fingerprint density at radius 2 is 1.64 bits per heavy atom. The molecule has 33 heavy (non-hydrogen) atoms. The molecule has 166 valence electrons. The molecule has 0 unspecified atom stereocenters. The Morgan fingerprint density at radius 1 is 0.879 bits per heavy atom. The van der Waals surface area contributed by atoms with E-state index in [1.54, 1.807) is 6.07 Å². The molecule has 7 nitrogen and oxygen atoms in total. The second-order valence-corrected chi connectivity index (χ2v) is 8.01. The van der Waals surface area contributed by atoms with Crippen LogP contribution in [0.4, 0.5) is 5.82 Å². The maximum atomic E-state index is 12.3. The van der Waals surface area contributed by atoms with Crippen LogP contribution >= 0.6 is 0 Å². The van der Waals surface area contributed by atoms with Crippen molar-refractivity contribution in [3.05, 3.63) is 82.6 Å². The number of nitrogens with one attached hydrogen (secondary N) is 3. The molecule has 5 aromatic rings. The Labute approximate surface area is 189 Å². The van der Waals surface area contributed by atoms with Gasteiger partial charge in [0, 0.05) is 35.7 Å². The average molecular weight is 441 g/mol. The molecule has 0 atom stereocenters. The monoisotopic (exact) mass is 440 g/mol. The highest BCUT2D eigenvalue weighted by Crippen LogP contribution is 2.29. The summed E-state index contributed by atoms with van der Waals surface area (Å²) in [4.78, 5) is 24.1. The number of aromatic nitrogens is 2. The summed E-state index contributed by atoms with van der Waals surface area (Å²) in [6, 6.07) is 21.4. The molecule has 2 heterocycles. The molecular weight excluding hydrogens is 416 g/mol. The number of aryl methyl sites for hydroxylation is 1. The van der Waals surface area contributed by atoms with E-state index in [0.717, 1.165) is 39.3 Å². The normalized spacial score (nSPS) is 11.3. The quantitative estimate of drug-likeness (QED) is 0.311. The summed E-state index contributed by atoms with van der Waals surface area (Å²) in [6.45, 7) is 1.20. The van der Waals surface area contributed by atoms with Gasteiger partial charge in [0.15, 0.2) is 5.82 Å². The van der Waals surface area contributed by atoms with Crippen molar-refractivity contribution in [3.8, 4) is 0 Å². The first-order valence-electron chi connectivity index (χ1n) is 11.1. The number of H-pyrrole nitrogens is 1. The van der Waals surface area contributed by atoms with E-state index in [1.165, 1.54) is 0 Å². The minimum absolute atomic E-state index is 0.0276. The van der Waals surface area contributed by atoms with Crippen molar-refractivity contribution in [2.24, 2.45) is 0 Å². The first-order chi connectivity index (χ1) is 16.2. The van der Waals surface area contributed by atoms with Crippen LogP contribution in [0.1, 0.15) is 18.4 Å². The van der Waals surface area contributed by atoms with Crippen molar-refractivity contribution in [1.29, 1.82) is 0 Å². The fourth-order valence-electron chi connectivity index (χ4n) is 4.05. The van der Waals surface area contributed by atoms with E-state index in [0.29, 0.717) is 37.1 Å². The van der Waals surface area contributed by atoms with Gasteiger partial charge in [-0.3, -0.25) is 9.59 Å². The fourth-order valence-corrected chi connectivity index (χ4v) is 4.05. The standard InChI is InChI=1S/C26H24N4O3/c31-24(13-11-17-10-12-23-21(16-17)18-6-3-4-9-22(18)33-23)27-14-5-15-28-25-19-7-1-2-8-20(19)26(32)30-29-25/h1-4,6-10,12,16H,5,11,13-15H2,(H,27,31)(H,28,29)(H,30,32). The lowest BCUT2D eigenvalue weighted by molar-refractivity contribution is -0.121. The molecule has 0 saturated heterocycles. The van der Waals surface area contributed by atoms with E-state index < -0.39 is 0 Å². The fraction of sp³-hybridized carbons (Fsp3) is 0.192. The SMILES string of the molecule is O=C(CCc1ccc2oc3ccccc3c2c1)NCCCNc1n[nH]c(=O)c2ccccc12. The number of nitrogens with zero attached hydrogens (tertiary/aromatic N) is 1. The molecule has 0 aliphatic rings. The highest BCUT2D eigenvalue weighted by molar-refractivity contribution is 6.05. The average Bonchev–Trinajstić information content (AvgIpc) is 3.22. The number of carbonyl (C=O) groups is 1. The predicted molar refractivity (Wildman–Crippen MR) is 131 cm³/mol. The van der Waals surface area contributed by atoms with Gasteiger partial charge >= 0.3 is 0 Å². The van der Waals surface area contributed by atoms with Gasteiger partial charge in [-0.05, 0) is 42.7 Å². The Balaban J connectivity index is 1.10.